The molecule has 0 aliphatic carbocycles. The number of benzene rings is 1. The zero-order chi connectivity index (χ0) is 12.6. The highest BCUT2D eigenvalue weighted by Crippen LogP contribution is 2.41. The van der Waals surface area contributed by atoms with Crippen molar-refractivity contribution in [3.63, 3.8) is 0 Å². The van der Waals surface area contributed by atoms with Gasteiger partial charge in [0.2, 0.25) is 0 Å². The van der Waals surface area contributed by atoms with Crippen LogP contribution in [0.3, 0.4) is 0 Å². The van der Waals surface area contributed by atoms with Crippen LogP contribution in [0.25, 0.3) is 0 Å². The van der Waals surface area contributed by atoms with Gasteiger partial charge >= 0.3 is 6.18 Å². The van der Waals surface area contributed by atoms with Crippen molar-refractivity contribution in [2.24, 2.45) is 0 Å². The van der Waals surface area contributed by atoms with Crippen molar-refractivity contribution < 1.29 is 17.6 Å². The molecule has 0 N–H and O–H groups in total. The standard InChI is InChI=1S/C11H10BrF4N/c12-7-3-4-8(17-5-1-2-6-17)9(10(7)13)11(14,15)16/h3-4H,1-2,5-6H2. The molecule has 1 aliphatic rings. The first-order valence-electron chi connectivity index (χ1n) is 5.21. The molecule has 1 nitrogen and oxygen atoms in total. The number of anilines is 1. The Kier molecular flexibility index (Phi) is 3.34. The highest BCUT2D eigenvalue weighted by atomic mass is 79.9. The summed E-state index contributed by atoms with van der Waals surface area (Å²) in [6.45, 7) is 1.09. The predicted octanol–water partition coefficient (Wildman–Crippen LogP) is 4.21. The van der Waals surface area contributed by atoms with E-state index in [-0.39, 0.29) is 10.2 Å². The molecule has 1 aromatic rings. The van der Waals surface area contributed by atoms with Gasteiger partial charge in [0.15, 0.2) is 5.82 Å². The minimum Gasteiger partial charge on any atom is -0.371 e. The molecular weight excluding hydrogens is 302 g/mol. The van der Waals surface area contributed by atoms with Gasteiger partial charge in [-0.1, -0.05) is 0 Å². The molecule has 1 heterocycles. The number of rotatable bonds is 1. The number of hydrogen-bond donors (Lipinski definition) is 0. The Balaban J connectivity index is 2.54. The van der Waals surface area contributed by atoms with Crippen molar-refractivity contribution >= 4 is 21.6 Å². The molecule has 0 saturated carbocycles. The molecule has 0 aromatic heterocycles. The van der Waals surface area contributed by atoms with E-state index in [0.29, 0.717) is 13.1 Å². The normalized spacial score (nSPS) is 16.6. The van der Waals surface area contributed by atoms with Crippen LogP contribution in [0.2, 0.25) is 0 Å². The molecule has 94 valence electrons. The summed E-state index contributed by atoms with van der Waals surface area (Å²) in [5.74, 6) is -1.23. The van der Waals surface area contributed by atoms with Crippen LogP contribution >= 0.6 is 15.9 Å². The van der Waals surface area contributed by atoms with Crippen LogP contribution in [0.4, 0.5) is 23.2 Å². The van der Waals surface area contributed by atoms with Crippen LogP contribution in [0.5, 0.6) is 0 Å². The van der Waals surface area contributed by atoms with Crippen LogP contribution in [-0.4, -0.2) is 13.1 Å². The van der Waals surface area contributed by atoms with Crippen molar-refractivity contribution in [1.29, 1.82) is 0 Å². The van der Waals surface area contributed by atoms with E-state index in [1.807, 2.05) is 0 Å². The van der Waals surface area contributed by atoms with Gasteiger partial charge in [-0.2, -0.15) is 13.2 Å². The highest BCUT2D eigenvalue weighted by Gasteiger charge is 2.39. The van der Waals surface area contributed by atoms with Crippen molar-refractivity contribution in [1.82, 2.24) is 0 Å². The van der Waals surface area contributed by atoms with Crippen LogP contribution < -0.4 is 4.90 Å². The molecule has 1 aromatic carbocycles. The lowest BCUT2D eigenvalue weighted by Crippen LogP contribution is -2.23. The average Bonchev–Trinajstić information content (AvgIpc) is 2.73. The van der Waals surface area contributed by atoms with Gasteiger partial charge in [0.05, 0.1) is 10.2 Å². The van der Waals surface area contributed by atoms with Crippen molar-refractivity contribution in [3.8, 4) is 0 Å². The maximum atomic E-state index is 13.6. The first-order valence-corrected chi connectivity index (χ1v) is 6.00. The number of alkyl halides is 3. The molecule has 0 spiro atoms. The summed E-state index contributed by atoms with van der Waals surface area (Å²) < 4.78 is 52.0. The van der Waals surface area contributed by atoms with Gasteiger partial charge in [-0.15, -0.1) is 0 Å². The Morgan fingerprint density at radius 3 is 2.24 bits per heavy atom. The van der Waals surface area contributed by atoms with Crippen LogP contribution in [-0.2, 0) is 6.18 Å². The Morgan fingerprint density at radius 1 is 1.12 bits per heavy atom. The molecular formula is C11H10BrF4N. The third kappa shape index (κ3) is 2.41. The third-order valence-electron chi connectivity index (χ3n) is 2.80. The van der Waals surface area contributed by atoms with Crippen molar-refractivity contribution in [2.45, 2.75) is 19.0 Å². The second-order valence-corrected chi connectivity index (χ2v) is 4.80. The lowest BCUT2D eigenvalue weighted by Gasteiger charge is -2.23. The highest BCUT2D eigenvalue weighted by molar-refractivity contribution is 9.10. The average molecular weight is 312 g/mol. The van der Waals surface area contributed by atoms with Gasteiger partial charge in [-0.3, -0.25) is 0 Å². The van der Waals surface area contributed by atoms with Gasteiger partial charge < -0.3 is 4.90 Å². The lowest BCUT2D eigenvalue weighted by atomic mass is 10.1. The summed E-state index contributed by atoms with van der Waals surface area (Å²) in [5, 5.41) is 0. The van der Waals surface area contributed by atoms with Crippen LogP contribution in [0.15, 0.2) is 16.6 Å². The third-order valence-corrected chi connectivity index (χ3v) is 3.42. The zero-order valence-corrected chi connectivity index (χ0v) is 10.4. The topological polar surface area (TPSA) is 3.24 Å². The second kappa shape index (κ2) is 4.48. The summed E-state index contributed by atoms with van der Waals surface area (Å²) in [5.41, 5.74) is -1.23. The fraction of sp³-hybridized carbons (Fsp3) is 0.455. The van der Waals surface area contributed by atoms with E-state index in [0.717, 1.165) is 12.8 Å². The predicted molar refractivity (Wildman–Crippen MR) is 60.5 cm³/mol. The van der Waals surface area contributed by atoms with E-state index in [4.69, 9.17) is 0 Å². The summed E-state index contributed by atoms with van der Waals surface area (Å²) in [6.07, 6.45) is -2.99. The summed E-state index contributed by atoms with van der Waals surface area (Å²) in [7, 11) is 0. The van der Waals surface area contributed by atoms with E-state index in [1.54, 1.807) is 4.90 Å². The molecule has 0 atom stereocenters. The Labute approximate surface area is 105 Å². The fourth-order valence-corrected chi connectivity index (χ4v) is 2.36. The van der Waals surface area contributed by atoms with E-state index >= 15 is 0 Å². The molecule has 6 heteroatoms. The lowest BCUT2D eigenvalue weighted by molar-refractivity contribution is -0.139. The van der Waals surface area contributed by atoms with Gasteiger partial charge in [0.25, 0.3) is 0 Å². The van der Waals surface area contributed by atoms with E-state index in [2.05, 4.69) is 15.9 Å². The van der Waals surface area contributed by atoms with Crippen LogP contribution in [0, 0.1) is 5.82 Å². The minimum atomic E-state index is -4.67. The molecule has 17 heavy (non-hydrogen) atoms. The molecule has 1 fully saturated rings. The number of hydrogen-bond acceptors (Lipinski definition) is 1. The van der Waals surface area contributed by atoms with Crippen molar-refractivity contribution in [3.05, 3.63) is 28.0 Å². The molecule has 0 radical (unpaired) electrons. The Morgan fingerprint density at radius 2 is 1.71 bits per heavy atom. The molecule has 1 saturated heterocycles. The van der Waals surface area contributed by atoms with E-state index in [9.17, 15) is 17.6 Å². The van der Waals surface area contributed by atoms with E-state index < -0.39 is 17.6 Å². The first kappa shape index (κ1) is 12.7. The van der Waals surface area contributed by atoms with Gasteiger partial charge in [-0.25, -0.2) is 4.39 Å². The smallest absolute Gasteiger partial charge is 0.371 e. The monoisotopic (exact) mass is 311 g/mol. The first-order chi connectivity index (χ1) is 7.91. The van der Waals surface area contributed by atoms with Crippen molar-refractivity contribution in [2.75, 3.05) is 18.0 Å². The fourth-order valence-electron chi connectivity index (χ4n) is 2.03. The van der Waals surface area contributed by atoms with Crippen LogP contribution in [0.1, 0.15) is 18.4 Å². The largest absolute Gasteiger partial charge is 0.421 e. The van der Waals surface area contributed by atoms with Gasteiger partial charge in [0, 0.05) is 13.1 Å². The maximum Gasteiger partial charge on any atom is 0.421 e. The summed E-state index contributed by atoms with van der Waals surface area (Å²) in [4.78, 5) is 1.58. The van der Waals surface area contributed by atoms with Gasteiger partial charge in [-0.05, 0) is 40.9 Å². The quantitative estimate of drug-likeness (QED) is 0.702. The SMILES string of the molecule is Fc1c(Br)ccc(N2CCCC2)c1C(F)(F)F. The van der Waals surface area contributed by atoms with Gasteiger partial charge in [0.1, 0.15) is 5.56 Å². The van der Waals surface area contributed by atoms with E-state index in [1.165, 1.54) is 12.1 Å². The molecule has 2 rings (SSSR count). The summed E-state index contributed by atoms with van der Waals surface area (Å²) in [6, 6.07) is 2.64. The second-order valence-electron chi connectivity index (χ2n) is 3.95. The maximum absolute atomic E-state index is 13.6. The number of nitrogens with zero attached hydrogens (tertiary/aromatic N) is 1. The molecule has 0 unspecified atom stereocenters. The minimum absolute atomic E-state index is 0.0595. The Bertz CT molecular complexity index is 424. The number of halogens is 5. The molecule has 0 bridgehead atoms. The summed E-state index contributed by atoms with van der Waals surface area (Å²) >= 11 is 2.79. The molecule has 1 aliphatic heterocycles. The zero-order valence-electron chi connectivity index (χ0n) is 8.82. The Hall–Kier alpha value is -0.780. The molecule has 0 amide bonds.